The van der Waals surface area contributed by atoms with Crippen molar-refractivity contribution >= 4 is 17.5 Å². The van der Waals surface area contributed by atoms with Crippen LogP contribution in [0.15, 0.2) is 36.5 Å². The minimum Gasteiger partial charge on any atom is -0.314 e. The maximum atomic E-state index is 14.1. The van der Waals surface area contributed by atoms with E-state index in [9.17, 15) is 23.7 Å². The largest absolute Gasteiger partial charge is 0.323 e. The summed E-state index contributed by atoms with van der Waals surface area (Å²) in [5.74, 6) is -1.32. The highest BCUT2D eigenvalue weighted by atomic mass is 19.1. The lowest BCUT2D eigenvalue weighted by molar-refractivity contribution is -0.384. The van der Waals surface area contributed by atoms with Gasteiger partial charge in [-0.15, -0.1) is 0 Å². The summed E-state index contributed by atoms with van der Waals surface area (Å²) < 4.78 is 27.3. The van der Waals surface area contributed by atoms with Crippen LogP contribution in [0.2, 0.25) is 0 Å². The Hall–Kier alpha value is -4.02. The number of nitrogens with zero attached hydrogens (tertiary/aromatic N) is 5. The number of aromatic nitrogens is 3. The molecule has 3 aromatic rings. The molecule has 0 saturated heterocycles. The number of nitro groups is 1. The first-order valence-electron chi connectivity index (χ1n) is 9.36. The molecular weight excluding hydrogens is 410 g/mol. The van der Waals surface area contributed by atoms with Crippen LogP contribution in [0, 0.1) is 21.7 Å². The van der Waals surface area contributed by atoms with Gasteiger partial charge in [0.25, 0.3) is 0 Å². The molecule has 0 saturated carbocycles. The first-order chi connectivity index (χ1) is 14.9. The zero-order valence-corrected chi connectivity index (χ0v) is 16.3. The molecule has 11 heteroatoms. The molecule has 2 aromatic heterocycles. The van der Waals surface area contributed by atoms with Crippen LogP contribution in [0.1, 0.15) is 24.0 Å². The highest BCUT2D eigenvalue weighted by Gasteiger charge is 2.28. The van der Waals surface area contributed by atoms with Gasteiger partial charge in [0.1, 0.15) is 17.5 Å². The second-order valence-corrected chi connectivity index (χ2v) is 6.84. The zero-order chi connectivity index (χ0) is 22.1. The quantitative estimate of drug-likeness (QED) is 0.501. The number of halogens is 2. The number of amides is 2. The number of anilines is 1. The Morgan fingerprint density at radius 1 is 1.23 bits per heavy atom. The molecule has 1 aromatic carbocycles. The minimum absolute atomic E-state index is 0.0153. The third kappa shape index (κ3) is 4.02. The van der Waals surface area contributed by atoms with Crippen molar-refractivity contribution in [3.63, 3.8) is 0 Å². The predicted octanol–water partition coefficient (Wildman–Crippen LogP) is 3.84. The number of urea groups is 1. The molecule has 0 fully saturated rings. The van der Waals surface area contributed by atoms with Crippen LogP contribution in [0.25, 0.3) is 11.3 Å². The highest BCUT2D eigenvalue weighted by Crippen LogP contribution is 2.29. The summed E-state index contributed by atoms with van der Waals surface area (Å²) in [6, 6.07) is 4.63. The molecule has 0 unspecified atom stereocenters. The fourth-order valence-electron chi connectivity index (χ4n) is 3.23. The number of carbonyl (C=O) groups excluding carboxylic acids is 1. The van der Waals surface area contributed by atoms with E-state index in [1.54, 1.807) is 6.20 Å². The van der Waals surface area contributed by atoms with Crippen molar-refractivity contribution in [3.8, 4) is 11.3 Å². The number of benzene rings is 1. The summed E-state index contributed by atoms with van der Waals surface area (Å²) in [6.45, 7) is 2.38. The number of rotatable bonds is 4. The lowest BCUT2D eigenvalue weighted by atomic mass is 10.1. The average Bonchev–Trinajstić information content (AvgIpc) is 3.17. The zero-order valence-electron chi connectivity index (χ0n) is 16.3. The number of carbonyl (C=O) groups is 1. The van der Waals surface area contributed by atoms with Crippen LogP contribution < -0.4 is 5.32 Å². The van der Waals surface area contributed by atoms with Crippen molar-refractivity contribution < 1.29 is 18.5 Å². The number of nitrogens with one attached hydrogen (secondary N) is 1. The van der Waals surface area contributed by atoms with Gasteiger partial charge >= 0.3 is 11.7 Å². The number of fused-ring (bicyclic) bond motifs is 1. The maximum absolute atomic E-state index is 14.1. The van der Waals surface area contributed by atoms with Gasteiger partial charge in [-0.1, -0.05) is 6.92 Å². The molecule has 0 radical (unpaired) electrons. The summed E-state index contributed by atoms with van der Waals surface area (Å²) in [7, 11) is 0. The molecule has 0 spiro atoms. The Labute approximate surface area is 174 Å². The van der Waals surface area contributed by atoms with Crippen LogP contribution in [-0.4, -0.2) is 30.8 Å². The molecule has 158 valence electrons. The van der Waals surface area contributed by atoms with Gasteiger partial charge in [-0.25, -0.2) is 28.5 Å². The van der Waals surface area contributed by atoms with E-state index >= 15 is 0 Å². The molecule has 0 bridgehead atoms. The number of aryl methyl sites for hydroxylation is 1. The lowest BCUT2D eigenvalue weighted by Gasteiger charge is -2.16. The Morgan fingerprint density at radius 2 is 2.03 bits per heavy atom. The first kappa shape index (κ1) is 20.3. The molecule has 1 aliphatic rings. The Morgan fingerprint density at radius 3 is 2.74 bits per heavy atom. The van der Waals surface area contributed by atoms with Crippen molar-refractivity contribution in [1.29, 1.82) is 0 Å². The number of hydrogen-bond acceptors (Lipinski definition) is 6. The summed E-state index contributed by atoms with van der Waals surface area (Å²) in [6.07, 6.45) is 2.31. The normalized spacial score (nSPS) is 12.5. The maximum Gasteiger partial charge on any atom is 0.323 e. The van der Waals surface area contributed by atoms with Crippen molar-refractivity contribution in [2.24, 2.45) is 0 Å². The van der Waals surface area contributed by atoms with E-state index in [1.165, 1.54) is 17.0 Å². The van der Waals surface area contributed by atoms with Gasteiger partial charge in [0, 0.05) is 35.9 Å². The van der Waals surface area contributed by atoms with Crippen LogP contribution in [0.5, 0.6) is 0 Å². The third-order valence-electron chi connectivity index (χ3n) is 4.81. The standard InChI is InChI=1S/C20H16F2N6O3/c1-2-18-23-8-11-9-27(10-16(11)24-18)20(29)26-19-17(28(30)31)6-5-15(25-19)13-4-3-12(21)7-14(13)22/h3-8H,2,9-10H2,1H3,(H,25,26,29). The fraction of sp³-hybridized carbons (Fsp3) is 0.200. The molecule has 4 rings (SSSR count). The Kier molecular flexibility index (Phi) is 5.24. The second-order valence-electron chi connectivity index (χ2n) is 6.84. The number of hydrogen-bond donors (Lipinski definition) is 1. The van der Waals surface area contributed by atoms with Gasteiger partial charge in [-0.2, -0.15) is 0 Å². The van der Waals surface area contributed by atoms with Gasteiger partial charge < -0.3 is 4.90 Å². The van der Waals surface area contributed by atoms with E-state index in [1.807, 2.05) is 6.92 Å². The molecule has 3 heterocycles. The van der Waals surface area contributed by atoms with Gasteiger partial charge in [0.15, 0.2) is 0 Å². The SMILES string of the molecule is CCc1ncc2c(n1)CN(C(=O)Nc1nc(-c3ccc(F)cc3F)ccc1[N+](=O)[O-])C2. The van der Waals surface area contributed by atoms with Crippen LogP contribution in [-0.2, 0) is 19.5 Å². The van der Waals surface area contributed by atoms with Gasteiger partial charge in [-0.3, -0.25) is 15.4 Å². The monoisotopic (exact) mass is 426 g/mol. The van der Waals surface area contributed by atoms with Gasteiger partial charge in [-0.05, 0) is 18.2 Å². The van der Waals surface area contributed by atoms with E-state index in [0.717, 1.165) is 17.7 Å². The highest BCUT2D eigenvalue weighted by molar-refractivity contribution is 5.91. The topological polar surface area (TPSA) is 114 Å². The molecule has 9 nitrogen and oxygen atoms in total. The van der Waals surface area contributed by atoms with E-state index in [2.05, 4.69) is 20.3 Å². The van der Waals surface area contributed by atoms with Crippen molar-refractivity contribution in [1.82, 2.24) is 19.9 Å². The minimum atomic E-state index is -0.876. The van der Waals surface area contributed by atoms with E-state index < -0.39 is 28.3 Å². The van der Waals surface area contributed by atoms with Crippen molar-refractivity contribution in [2.75, 3.05) is 5.32 Å². The fourth-order valence-corrected chi connectivity index (χ4v) is 3.23. The van der Waals surface area contributed by atoms with E-state index in [4.69, 9.17) is 0 Å². The van der Waals surface area contributed by atoms with Crippen LogP contribution >= 0.6 is 0 Å². The van der Waals surface area contributed by atoms with Crippen molar-refractivity contribution in [3.05, 3.63) is 75.4 Å². The van der Waals surface area contributed by atoms with Crippen molar-refractivity contribution in [2.45, 2.75) is 26.4 Å². The molecule has 2 amide bonds. The molecule has 0 atom stereocenters. The third-order valence-corrected chi connectivity index (χ3v) is 4.81. The Bertz CT molecular complexity index is 1200. The summed E-state index contributed by atoms with van der Waals surface area (Å²) in [5.41, 5.74) is 1.01. The van der Waals surface area contributed by atoms with Crippen LogP contribution in [0.3, 0.4) is 0 Å². The van der Waals surface area contributed by atoms with E-state index in [0.29, 0.717) is 24.0 Å². The smallest absolute Gasteiger partial charge is 0.314 e. The number of pyridine rings is 1. The Balaban J connectivity index is 1.61. The predicted molar refractivity (Wildman–Crippen MR) is 106 cm³/mol. The first-order valence-corrected chi connectivity index (χ1v) is 9.36. The molecular formula is C20H16F2N6O3. The second kappa shape index (κ2) is 8.01. The van der Waals surface area contributed by atoms with Crippen LogP contribution in [0.4, 0.5) is 25.1 Å². The van der Waals surface area contributed by atoms with E-state index in [-0.39, 0.29) is 30.2 Å². The average molecular weight is 426 g/mol. The molecule has 1 N–H and O–H groups in total. The molecule has 31 heavy (non-hydrogen) atoms. The summed E-state index contributed by atoms with van der Waals surface area (Å²) in [4.78, 5) is 37.5. The summed E-state index contributed by atoms with van der Waals surface area (Å²) in [5, 5.41) is 13.8. The summed E-state index contributed by atoms with van der Waals surface area (Å²) >= 11 is 0. The van der Waals surface area contributed by atoms with Gasteiger partial charge in [0.2, 0.25) is 5.82 Å². The molecule has 1 aliphatic heterocycles. The molecule has 0 aliphatic carbocycles. The lowest BCUT2D eigenvalue weighted by Crippen LogP contribution is -2.31. The van der Waals surface area contributed by atoms with Gasteiger partial charge in [0.05, 0.1) is 29.4 Å².